The summed E-state index contributed by atoms with van der Waals surface area (Å²) in [6.07, 6.45) is 0. The maximum Gasteiger partial charge on any atom is 0.0859 e. The summed E-state index contributed by atoms with van der Waals surface area (Å²) in [4.78, 5) is 12.3. The van der Waals surface area contributed by atoms with Crippen LogP contribution in [0.5, 0.6) is 0 Å². The van der Waals surface area contributed by atoms with Crippen molar-refractivity contribution in [3.05, 3.63) is 71.8 Å². The van der Waals surface area contributed by atoms with Crippen LogP contribution in [0.4, 0.5) is 0 Å². The van der Waals surface area contributed by atoms with E-state index in [0.717, 1.165) is 0 Å². The lowest BCUT2D eigenvalue weighted by Gasteiger charge is -2.13. The Morgan fingerprint density at radius 2 is 1.61 bits per heavy atom. The fourth-order valence-electron chi connectivity index (χ4n) is 2.56. The first-order chi connectivity index (χ1) is 11.1. The van der Waals surface area contributed by atoms with Gasteiger partial charge in [0.25, 0.3) is 0 Å². The molecular weight excluding hydrogens is 312 g/mol. The highest BCUT2D eigenvalue weighted by Crippen LogP contribution is 2.29. The second-order valence-corrected chi connectivity index (χ2v) is 6.40. The molecule has 1 atom stereocenters. The Balaban J connectivity index is 2.28. The van der Waals surface area contributed by atoms with E-state index in [0.29, 0.717) is 26.1 Å². The molecule has 0 saturated heterocycles. The van der Waals surface area contributed by atoms with Crippen LogP contribution >= 0.6 is 0 Å². The molecule has 116 valence electrons. The molecule has 5 heteroatoms. The standard InChI is InChI=1S/C18H14O4S/c19-11-13-5-1-2-9-15(13)23(22)16-10-4-7-12-6-3-8-14(17(12)16)18(20)21/h1-10,19H,11H2,(H,20,21)/p-1/t23-/m0/s1. The summed E-state index contributed by atoms with van der Waals surface area (Å²) in [7, 11) is -1.61. The van der Waals surface area contributed by atoms with Crippen molar-refractivity contribution < 1.29 is 19.2 Å². The predicted octanol–water partition coefficient (Wildman–Crippen LogP) is 1.86. The first kappa shape index (κ1) is 15.4. The lowest BCUT2D eigenvalue weighted by atomic mass is 10.0. The molecule has 1 N–H and O–H groups in total. The minimum atomic E-state index is -1.61. The van der Waals surface area contributed by atoms with E-state index in [1.54, 1.807) is 54.6 Å². The van der Waals surface area contributed by atoms with E-state index in [1.165, 1.54) is 6.07 Å². The smallest absolute Gasteiger partial charge is 0.0859 e. The summed E-state index contributed by atoms with van der Waals surface area (Å²) < 4.78 is 13.0. The van der Waals surface area contributed by atoms with Crippen LogP contribution in [-0.4, -0.2) is 15.3 Å². The van der Waals surface area contributed by atoms with Gasteiger partial charge in [-0.3, -0.25) is 0 Å². The molecule has 0 spiro atoms. The molecule has 0 unspecified atom stereocenters. The van der Waals surface area contributed by atoms with Crippen molar-refractivity contribution in [2.24, 2.45) is 0 Å². The summed E-state index contributed by atoms with van der Waals surface area (Å²) in [6, 6.07) is 16.8. The first-order valence-electron chi connectivity index (χ1n) is 6.97. The van der Waals surface area contributed by atoms with E-state index in [9.17, 15) is 19.2 Å². The topological polar surface area (TPSA) is 77.4 Å². The largest absolute Gasteiger partial charge is 0.545 e. The molecule has 0 aromatic heterocycles. The molecule has 0 aliphatic rings. The van der Waals surface area contributed by atoms with Crippen LogP contribution in [0.1, 0.15) is 15.9 Å². The number of benzene rings is 3. The molecule has 4 nitrogen and oxygen atoms in total. The third-order valence-corrected chi connectivity index (χ3v) is 5.17. The minimum Gasteiger partial charge on any atom is -0.545 e. The monoisotopic (exact) mass is 325 g/mol. The number of fused-ring (bicyclic) bond motifs is 1. The highest BCUT2D eigenvalue weighted by atomic mass is 32.2. The minimum absolute atomic E-state index is 0.00734. The number of aliphatic hydroxyl groups excluding tert-OH is 1. The molecule has 0 aliphatic heterocycles. The summed E-state index contributed by atoms with van der Waals surface area (Å²) >= 11 is 0. The summed E-state index contributed by atoms with van der Waals surface area (Å²) in [6.45, 7) is -0.236. The van der Waals surface area contributed by atoms with Gasteiger partial charge in [0.15, 0.2) is 0 Å². The number of rotatable bonds is 4. The predicted molar refractivity (Wildman–Crippen MR) is 85.3 cm³/mol. The molecule has 3 aromatic carbocycles. The van der Waals surface area contributed by atoms with E-state index < -0.39 is 16.8 Å². The molecule has 0 fully saturated rings. The Hall–Kier alpha value is -2.50. The van der Waals surface area contributed by atoms with Gasteiger partial charge in [-0.15, -0.1) is 0 Å². The number of aromatic carboxylic acids is 1. The summed E-state index contributed by atoms with van der Waals surface area (Å²) in [5, 5.41) is 21.9. The van der Waals surface area contributed by atoms with E-state index in [4.69, 9.17) is 0 Å². The van der Waals surface area contributed by atoms with Crippen LogP contribution in [0.25, 0.3) is 10.8 Å². The maximum absolute atomic E-state index is 13.0. The van der Waals surface area contributed by atoms with E-state index in [1.807, 2.05) is 0 Å². The molecule has 3 aromatic rings. The fraction of sp³-hybridized carbons (Fsp3) is 0.0556. The summed E-state index contributed by atoms with van der Waals surface area (Å²) in [5.74, 6) is -1.31. The van der Waals surface area contributed by atoms with Gasteiger partial charge in [0, 0.05) is 15.8 Å². The molecule has 0 amide bonds. The third kappa shape index (κ3) is 2.76. The van der Waals surface area contributed by atoms with Gasteiger partial charge in [0.05, 0.1) is 28.3 Å². The van der Waals surface area contributed by atoms with Crippen LogP contribution in [0.3, 0.4) is 0 Å². The normalized spacial score (nSPS) is 12.2. The van der Waals surface area contributed by atoms with Gasteiger partial charge in [-0.2, -0.15) is 0 Å². The maximum atomic E-state index is 13.0. The Bertz CT molecular complexity index is 913. The molecular formula is C18H13O4S-. The Morgan fingerprint density at radius 1 is 0.957 bits per heavy atom. The quantitative estimate of drug-likeness (QED) is 0.794. The second kappa shape index (κ2) is 6.32. The number of carbonyl (C=O) groups is 1. The van der Waals surface area contributed by atoms with Crippen LogP contribution in [0.15, 0.2) is 70.5 Å². The molecule has 0 saturated carbocycles. The SMILES string of the molecule is O=C([O-])c1cccc2cccc([S@@](=O)c3ccccc3CO)c12. The number of hydrogen-bond donors (Lipinski definition) is 1. The zero-order valence-corrected chi connectivity index (χ0v) is 12.9. The van der Waals surface area contributed by atoms with E-state index in [2.05, 4.69) is 0 Å². The molecule has 3 rings (SSSR count). The highest BCUT2D eigenvalue weighted by molar-refractivity contribution is 7.85. The molecule has 23 heavy (non-hydrogen) atoms. The lowest BCUT2D eigenvalue weighted by Crippen LogP contribution is -2.22. The van der Waals surface area contributed by atoms with Gasteiger partial charge < -0.3 is 15.0 Å². The average Bonchev–Trinajstić information content (AvgIpc) is 2.59. The van der Waals surface area contributed by atoms with Crippen LogP contribution < -0.4 is 5.11 Å². The molecule has 0 heterocycles. The van der Waals surface area contributed by atoms with E-state index >= 15 is 0 Å². The van der Waals surface area contributed by atoms with E-state index in [-0.39, 0.29) is 12.2 Å². The zero-order chi connectivity index (χ0) is 16.4. The second-order valence-electron chi connectivity index (χ2n) is 4.98. The van der Waals surface area contributed by atoms with Gasteiger partial charge in [-0.1, -0.05) is 48.5 Å². The van der Waals surface area contributed by atoms with Gasteiger partial charge in [-0.25, -0.2) is 4.21 Å². The highest BCUT2D eigenvalue weighted by Gasteiger charge is 2.16. The Kier molecular flexibility index (Phi) is 4.23. The van der Waals surface area contributed by atoms with Gasteiger partial charge >= 0.3 is 0 Å². The van der Waals surface area contributed by atoms with Crippen molar-refractivity contribution in [1.82, 2.24) is 0 Å². The van der Waals surface area contributed by atoms with Crippen molar-refractivity contribution in [1.29, 1.82) is 0 Å². The Morgan fingerprint density at radius 3 is 2.30 bits per heavy atom. The molecule has 0 bridgehead atoms. The van der Waals surface area contributed by atoms with Crippen molar-refractivity contribution in [2.75, 3.05) is 0 Å². The number of hydrogen-bond acceptors (Lipinski definition) is 4. The van der Waals surface area contributed by atoms with Crippen LogP contribution in [0.2, 0.25) is 0 Å². The lowest BCUT2D eigenvalue weighted by molar-refractivity contribution is -0.254. The third-order valence-electron chi connectivity index (χ3n) is 3.63. The van der Waals surface area contributed by atoms with Crippen molar-refractivity contribution in [3.63, 3.8) is 0 Å². The zero-order valence-electron chi connectivity index (χ0n) is 12.1. The number of aliphatic hydroxyl groups is 1. The molecule has 0 radical (unpaired) electrons. The Labute approximate surface area is 135 Å². The van der Waals surface area contributed by atoms with Crippen molar-refractivity contribution >= 4 is 27.5 Å². The number of carbonyl (C=O) groups excluding carboxylic acids is 1. The first-order valence-corrected chi connectivity index (χ1v) is 8.12. The number of carboxylic acid groups (broad SMARTS) is 1. The van der Waals surface area contributed by atoms with Crippen molar-refractivity contribution in [3.8, 4) is 0 Å². The van der Waals surface area contributed by atoms with Crippen LogP contribution in [0, 0.1) is 0 Å². The van der Waals surface area contributed by atoms with Crippen molar-refractivity contribution in [2.45, 2.75) is 16.4 Å². The van der Waals surface area contributed by atoms with Gasteiger partial charge in [0.1, 0.15) is 0 Å². The van der Waals surface area contributed by atoms with Gasteiger partial charge in [0.2, 0.25) is 0 Å². The van der Waals surface area contributed by atoms with Crippen LogP contribution in [-0.2, 0) is 17.4 Å². The fourth-order valence-corrected chi connectivity index (χ4v) is 3.99. The van der Waals surface area contributed by atoms with Gasteiger partial charge in [-0.05, 0) is 23.1 Å². The molecule has 0 aliphatic carbocycles. The average molecular weight is 325 g/mol. The number of carboxylic acids is 1. The summed E-state index contributed by atoms with van der Waals surface area (Å²) in [5.41, 5.74) is 0.557.